The van der Waals surface area contributed by atoms with Crippen molar-refractivity contribution in [2.24, 2.45) is 0 Å². The highest BCUT2D eigenvalue weighted by Gasteiger charge is 2.27. The van der Waals surface area contributed by atoms with E-state index in [9.17, 15) is 13.2 Å². The van der Waals surface area contributed by atoms with Gasteiger partial charge in [-0.2, -0.15) is 4.31 Å². The van der Waals surface area contributed by atoms with Crippen LogP contribution in [0.15, 0.2) is 65.0 Å². The number of sulfonamides is 1. The van der Waals surface area contributed by atoms with E-state index in [4.69, 9.17) is 0 Å². The number of carbonyl (C=O) groups excluding carboxylic acids is 1. The number of amides is 1. The van der Waals surface area contributed by atoms with Crippen molar-refractivity contribution in [3.63, 3.8) is 0 Å². The van der Waals surface area contributed by atoms with Crippen molar-refractivity contribution in [2.45, 2.75) is 30.1 Å². The van der Waals surface area contributed by atoms with Gasteiger partial charge in [-0.15, -0.1) is 10.2 Å². The standard InChI is InChI=1S/C20H22N4O3S2/c1-3-17(16-12-8-5-9-13-16)18(25)21-19-22-23-20(28-19)29(26,27)24(2)14-15-10-6-4-7-11-15/h4-13,17H,3,14H2,1-2H3,(H,21,22,25)/t17-/m1/s1. The van der Waals surface area contributed by atoms with Crippen molar-refractivity contribution >= 4 is 32.4 Å². The Kier molecular flexibility index (Phi) is 6.73. The molecular weight excluding hydrogens is 408 g/mol. The Labute approximate surface area is 174 Å². The van der Waals surface area contributed by atoms with Gasteiger partial charge in [0.15, 0.2) is 0 Å². The van der Waals surface area contributed by atoms with Crippen LogP contribution in [0, 0.1) is 0 Å². The maximum Gasteiger partial charge on any atom is 0.272 e. The molecule has 1 N–H and O–H groups in total. The summed E-state index contributed by atoms with van der Waals surface area (Å²) in [4.78, 5) is 12.6. The van der Waals surface area contributed by atoms with E-state index in [2.05, 4.69) is 15.5 Å². The summed E-state index contributed by atoms with van der Waals surface area (Å²) in [5, 5.41) is 10.5. The average Bonchev–Trinajstić information content (AvgIpc) is 3.19. The Bertz CT molecular complexity index is 1050. The van der Waals surface area contributed by atoms with Gasteiger partial charge in [0.2, 0.25) is 15.4 Å². The van der Waals surface area contributed by atoms with Crippen LogP contribution >= 0.6 is 11.3 Å². The zero-order chi connectivity index (χ0) is 20.9. The molecule has 3 rings (SSSR count). The Balaban J connectivity index is 1.71. The van der Waals surface area contributed by atoms with Gasteiger partial charge in [0.1, 0.15) is 0 Å². The Morgan fingerprint density at radius 2 is 1.69 bits per heavy atom. The Morgan fingerprint density at radius 1 is 1.07 bits per heavy atom. The highest BCUT2D eigenvalue weighted by atomic mass is 32.2. The summed E-state index contributed by atoms with van der Waals surface area (Å²) in [6.45, 7) is 2.14. The van der Waals surface area contributed by atoms with Crippen LogP contribution in [-0.2, 0) is 21.4 Å². The van der Waals surface area contributed by atoms with E-state index >= 15 is 0 Å². The van der Waals surface area contributed by atoms with Gasteiger partial charge in [0.05, 0.1) is 5.92 Å². The third kappa shape index (κ3) is 5.06. The predicted octanol–water partition coefficient (Wildman–Crippen LogP) is 3.49. The molecule has 0 aliphatic rings. The van der Waals surface area contributed by atoms with Crippen molar-refractivity contribution in [3.05, 3.63) is 71.8 Å². The number of carbonyl (C=O) groups is 1. The summed E-state index contributed by atoms with van der Waals surface area (Å²) in [5.74, 6) is -0.586. The lowest BCUT2D eigenvalue weighted by Crippen LogP contribution is -2.26. The minimum absolute atomic E-state index is 0.154. The molecule has 1 heterocycles. The molecule has 0 aliphatic heterocycles. The van der Waals surface area contributed by atoms with Gasteiger partial charge in [-0.3, -0.25) is 10.1 Å². The van der Waals surface area contributed by atoms with Gasteiger partial charge >= 0.3 is 0 Å². The van der Waals surface area contributed by atoms with Gasteiger partial charge in [-0.05, 0) is 17.5 Å². The van der Waals surface area contributed by atoms with Gasteiger partial charge in [0, 0.05) is 13.6 Å². The summed E-state index contributed by atoms with van der Waals surface area (Å²) in [5.41, 5.74) is 1.76. The molecule has 1 aromatic heterocycles. The first-order valence-electron chi connectivity index (χ1n) is 9.11. The van der Waals surface area contributed by atoms with Crippen LogP contribution in [0.2, 0.25) is 0 Å². The van der Waals surface area contributed by atoms with Crippen LogP contribution in [0.5, 0.6) is 0 Å². The van der Waals surface area contributed by atoms with E-state index < -0.39 is 10.0 Å². The SMILES string of the molecule is CC[C@@H](C(=O)Nc1nnc(S(=O)(=O)N(C)Cc2ccccc2)s1)c1ccccc1. The molecule has 152 valence electrons. The molecule has 1 atom stereocenters. The number of hydrogen-bond donors (Lipinski definition) is 1. The van der Waals surface area contributed by atoms with Crippen molar-refractivity contribution in [1.82, 2.24) is 14.5 Å². The summed E-state index contributed by atoms with van der Waals surface area (Å²) < 4.78 is 26.6. The van der Waals surface area contributed by atoms with Crippen LogP contribution in [0.4, 0.5) is 5.13 Å². The molecule has 0 unspecified atom stereocenters. The minimum atomic E-state index is -3.80. The number of benzene rings is 2. The van der Waals surface area contributed by atoms with E-state index in [1.54, 1.807) is 0 Å². The maximum atomic E-state index is 12.8. The smallest absolute Gasteiger partial charge is 0.272 e. The lowest BCUT2D eigenvalue weighted by Gasteiger charge is -2.15. The molecule has 2 aromatic carbocycles. The summed E-state index contributed by atoms with van der Waals surface area (Å²) in [6, 6.07) is 18.7. The molecule has 1 amide bonds. The van der Waals surface area contributed by atoms with Gasteiger partial charge in [-0.25, -0.2) is 8.42 Å². The molecular formula is C20H22N4O3S2. The number of aromatic nitrogens is 2. The molecule has 3 aromatic rings. The fourth-order valence-corrected chi connectivity index (χ4v) is 5.12. The topological polar surface area (TPSA) is 92.3 Å². The van der Waals surface area contributed by atoms with Crippen LogP contribution in [-0.4, -0.2) is 35.9 Å². The summed E-state index contributed by atoms with van der Waals surface area (Å²) >= 11 is 0.846. The van der Waals surface area contributed by atoms with Crippen LogP contribution in [0.1, 0.15) is 30.4 Å². The molecule has 0 saturated heterocycles. The molecule has 29 heavy (non-hydrogen) atoms. The number of hydrogen-bond acceptors (Lipinski definition) is 6. The largest absolute Gasteiger partial charge is 0.300 e. The number of anilines is 1. The second-order valence-corrected chi connectivity index (χ2v) is 9.68. The number of nitrogens with zero attached hydrogens (tertiary/aromatic N) is 3. The third-order valence-electron chi connectivity index (χ3n) is 4.44. The van der Waals surface area contributed by atoms with Gasteiger partial charge < -0.3 is 0 Å². The number of nitrogens with one attached hydrogen (secondary N) is 1. The van der Waals surface area contributed by atoms with Crippen molar-refractivity contribution < 1.29 is 13.2 Å². The maximum absolute atomic E-state index is 12.8. The van der Waals surface area contributed by atoms with E-state index in [1.807, 2.05) is 67.6 Å². The molecule has 0 radical (unpaired) electrons. The summed E-state index contributed by atoms with van der Waals surface area (Å²) in [6.07, 6.45) is 0.611. The molecule has 9 heteroatoms. The highest BCUT2D eigenvalue weighted by molar-refractivity contribution is 7.91. The fraction of sp³-hybridized carbons (Fsp3) is 0.250. The number of rotatable bonds is 8. The Hall–Kier alpha value is -2.62. The molecule has 0 fully saturated rings. The summed E-state index contributed by atoms with van der Waals surface area (Å²) in [7, 11) is -2.31. The lowest BCUT2D eigenvalue weighted by molar-refractivity contribution is -0.117. The van der Waals surface area contributed by atoms with Crippen molar-refractivity contribution in [3.8, 4) is 0 Å². The molecule has 0 saturated carbocycles. The molecule has 0 spiro atoms. The quantitative estimate of drug-likeness (QED) is 0.552. The molecule has 0 bridgehead atoms. The lowest BCUT2D eigenvalue weighted by atomic mass is 9.96. The van der Waals surface area contributed by atoms with Crippen molar-refractivity contribution in [1.29, 1.82) is 0 Å². The second-order valence-electron chi connectivity index (χ2n) is 6.48. The van der Waals surface area contributed by atoms with E-state index in [0.29, 0.717) is 6.42 Å². The molecule has 7 nitrogen and oxygen atoms in total. The van der Waals surface area contributed by atoms with E-state index in [1.165, 1.54) is 11.4 Å². The first-order chi connectivity index (χ1) is 13.9. The first kappa shape index (κ1) is 21.1. The Morgan fingerprint density at radius 3 is 2.31 bits per heavy atom. The van der Waals surface area contributed by atoms with Crippen LogP contribution in [0.3, 0.4) is 0 Å². The zero-order valence-electron chi connectivity index (χ0n) is 16.1. The van der Waals surface area contributed by atoms with E-state index in [-0.39, 0.29) is 27.8 Å². The predicted molar refractivity (Wildman–Crippen MR) is 113 cm³/mol. The molecule has 0 aliphatic carbocycles. The fourth-order valence-electron chi connectivity index (χ4n) is 2.87. The van der Waals surface area contributed by atoms with E-state index in [0.717, 1.165) is 22.5 Å². The normalized spacial score (nSPS) is 12.7. The third-order valence-corrected chi connectivity index (χ3v) is 7.43. The van der Waals surface area contributed by atoms with Gasteiger partial charge in [-0.1, -0.05) is 78.9 Å². The highest BCUT2D eigenvalue weighted by Crippen LogP contribution is 2.26. The minimum Gasteiger partial charge on any atom is -0.300 e. The monoisotopic (exact) mass is 430 g/mol. The first-order valence-corrected chi connectivity index (χ1v) is 11.4. The van der Waals surface area contributed by atoms with Crippen LogP contribution < -0.4 is 5.32 Å². The second kappa shape index (κ2) is 9.25. The van der Waals surface area contributed by atoms with Gasteiger partial charge in [0.25, 0.3) is 10.0 Å². The van der Waals surface area contributed by atoms with Crippen molar-refractivity contribution in [2.75, 3.05) is 12.4 Å². The average molecular weight is 431 g/mol. The van der Waals surface area contributed by atoms with Crippen LogP contribution in [0.25, 0.3) is 0 Å². The zero-order valence-corrected chi connectivity index (χ0v) is 17.8.